The third kappa shape index (κ3) is 4.09. The summed E-state index contributed by atoms with van der Waals surface area (Å²) in [5, 5.41) is 3.25. The summed E-state index contributed by atoms with van der Waals surface area (Å²) in [6.45, 7) is 8.54. The molecule has 1 rings (SSSR count). The van der Waals surface area contributed by atoms with Gasteiger partial charge in [-0.15, -0.1) is 0 Å². The van der Waals surface area contributed by atoms with Crippen LogP contribution in [-0.2, 0) is 4.79 Å². The average Bonchev–Trinajstić information content (AvgIpc) is 2.93. The molecule has 0 atom stereocenters. The zero-order valence-corrected chi connectivity index (χ0v) is 9.55. The van der Waals surface area contributed by atoms with Gasteiger partial charge in [0.25, 0.3) is 0 Å². The maximum Gasteiger partial charge on any atom is 0.236 e. The second-order valence-electron chi connectivity index (χ2n) is 4.48. The minimum absolute atomic E-state index is 0.244. The molecule has 1 amide bonds. The summed E-state index contributed by atoms with van der Waals surface area (Å²) < 4.78 is 0. The normalized spacial score (nSPS) is 16.0. The molecule has 0 bridgehead atoms. The maximum absolute atomic E-state index is 11.7. The number of carbonyl (C=O) groups is 1. The first-order chi connectivity index (χ1) is 6.63. The lowest BCUT2D eigenvalue weighted by Crippen LogP contribution is -2.40. The molecule has 0 aromatic carbocycles. The predicted molar refractivity (Wildman–Crippen MR) is 58.1 cm³/mol. The van der Waals surface area contributed by atoms with Crippen LogP contribution in [0.3, 0.4) is 0 Å². The number of nitrogens with one attached hydrogen (secondary N) is 1. The van der Waals surface area contributed by atoms with Gasteiger partial charge in [0.05, 0.1) is 6.54 Å². The summed E-state index contributed by atoms with van der Waals surface area (Å²) in [5.74, 6) is 0.799. The second kappa shape index (κ2) is 5.35. The standard InChI is InChI=1S/C11H22N2O/c1-4-13(8-9(2)3)11(14)7-12-10-5-6-10/h9-10,12H,4-8H2,1-3H3. The van der Waals surface area contributed by atoms with Gasteiger partial charge in [0.2, 0.25) is 5.91 Å². The van der Waals surface area contributed by atoms with E-state index in [4.69, 9.17) is 0 Å². The number of hydrogen-bond donors (Lipinski definition) is 1. The smallest absolute Gasteiger partial charge is 0.236 e. The lowest BCUT2D eigenvalue weighted by molar-refractivity contribution is -0.130. The Morgan fingerprint density at radius 1 is 1.50 bits per heavy atom. The van der Waals surface area contributed by atoms with Crippen molar-refractivity contribution < 1.29 is 4.79 Å². The Hall–Kier alpha value is -0.570. The van der Waals surface area contributed by atoms with Gasteiger partial charge in [-0.25, -0.2) is 0 Å². The molecule has 0 unspecified atom stereocenters. The molecule has 0 radical (unpaired) electrons. The van der Waals surface area contributed by atoms with E-state index >= 15 is 0 Å². The average molecular weight is 198 g/mol. The van der Waals surface area contributed by atoms with Crippen LogP contribution >= 0.6 is 0 Å². The first-order valence-electron chi connectivity index (χ1n) is 5.64. The number of rotatable bonds is 6. The van der Waals surface area contributed by atoms with Gasteiger partial charge in [0.1, 0.15) is 0 Å². The molecule has 3 heteroatoms. The van der Waals surface area contributed by atoms with Crippen molar-refractivity contribution in [3.63, 3.8) is 0 Å². The third-order valence-electron chi connectivity index (χ3n) is 2.44. The summed E-state index contributed by atoms with van der Waals surface area (Å²) in [6, 6.07) is 0.622. The van der Waals surface area contributed by atoms with Crippen LogP contribution in [0, 0.1) is 5.92 Å². The van der Waals surface area contributed by atoms with Gasteiger partial charge >= 0.3 is 0 Å². The number of amides is 1. The lowest BCUT2D eigenvalue weighted by atomic mass is 10.2. The van der Waals surface area contributed by atoms with Crippen LogP contribution in [0.15, 0.2) is 0 Å². The van der Waals surface area contributed by atoms with Crippen molar-refractivity contribution in [3.8, 4) is 0 Å². The fourth-order valence-electron chi connectivity index (χ4n) is 1.48. The largest absolute Gasteiger partial charge is 0.342 e. The first-order valence-corrected chi connectivity index (χ1v) is 5.64. The highest BCUT2D eigenvalue weighted by Crippen LogP contribution is 2.18. The highest BCUT2D eigenvalue weighted by Gasteiger charge is 2.22. The van der Waals surface area contributed by atoms with Crippen molar-refractivity contribution in [2.45, 2.75) is 39.7 Å². The van der Waals surface area contributed by atoms with Crippen LogP contribution in [0.4, 0.5) is 0 Å². The van der Waals surface area contributed by atoms with E-state index < -0.39 is 0 Å². The van der Waals surface area contributed by atoms with Crippen LogP contribution in [-0.4, -0.2) is 36.5 Å². The molecule has 0 aliphatic heterocycles. The van der Waals surface area contributed by atoms with Gasteiger partial charge in [-0.2, -0.15) is 0 Å². The Morgan fingerprint density at radius 3 is 2.57 bits per heavy atom. The SMILES string of the molecule is CCN(CC(C)C)C(=O)CNC1CC1. The fraction of sp³-hybridized carbons (Fsp3) is 0.909. The number of nitrogens with zero attached hydrogens (tertiary/aromatic N) is 1. The van der Waals surface area contributed by atoms with Crippen molar-refractivity contribution in [2.24, 2.45) is 5.92 Å². The van der Waals surface area contributed by atoms with E-state index in [-0.39, 0.29) is 5.91 Å². The van der Waals surface area contributed by atoms with Crippen LogP contribution in [0.1, 0.15) is 33.6 Å². The molecule has 1 saturated carbocycles. The lowest BCUT2D eigenvalue weighted by Gasteiger charge is -2.23. The van der Waals surface area contributed by atoms with Gasteiger partial charge in [-0.05, 0) is 25.7 Å². The topological polar surface area (TPSA) is 32.3 Å². The van der Waals surface area contributed by atoms with Crippen LogP contribution < -0.4 is 5.32 Å². The van der Waals surface area contributed by atoms with Crippen molar-refractivity contribution in [2.75, 3.05) is 19.6 Å². The Balaban J connectivity index is 2.22. The molecule has 0 spiro atoms. The van der Waals surface area contributed by atoms with Crippen LogP contribution in [0.25, 0.3) is 0 Å². The molecule has 1 N–H and O–H groups in total. The van der Waals surface area contributed by atoms with E-state index in [0.29, 0.717) is 18.5 Å². The molecule has 3 nitrogen and oxygen atoms in total. The van der Waals surface area contributed by atoms with Crippen LogP contribution in [0.2, 0.25) is 0 Å². The number of likely N-dealkylation sites (N-methyl/N-ethyl adjacent to an activating group) is 1. The molecule has 0 aromatic rings. The van der Waals surface area contributed by atoms with Crippen molar-refractivity contribution in [1.29, 1.82) is 0 Å². The van der Waals surface area contributed by atoms with E-state index in [1.165, 1.54) is 12.8 Å². The zero-order chi connectivity index (χ0) is 10.6. The highest BCUT2D eigenvalue weighted by molar-refractivity contribution is 5.78. The van der Waals surface area contributed by atoms with E-state index in [1.54, 1.807) is 0 Å². The molecular weight excluding hydrogens is 176 g/mol. The molecule has 14 heavy (non-hydrogen) atoms. The predicted octanol–water partition coefficient (Wildman–Crippen LogP) is 1.24. The molecular formula is C11H22N2O. The quantitative estimate of drug-likeness (QED) is 0.696. The van der Waals surface area contributed by atoms with Crippen molar-refractivity contribution in [3.05, 3.63) is 0 Å². The second-order valence-corrected chi connectivity index (χ2v) is 4.48. The Kier molecular flexibility index (Phi) is 4.39. The minimum Gasteiger partial charge on any atom is -0.342 e. The Morgan fingerprint density at radius 2 is 2.14 bits per heavy atom. The van der Waals surface area contributed by atoms with Gasteiger partial charge in [-0.1, -0.05) is 13.8 Å². The molecule has 1 aliphatic rings. The number of hydrogen-bond acceptors (Lipinski definition) is 2. The summed E-state index contributed by atoms with van der Waals surface area (Å²) in [6.07, 6.45) is 2.48. The maximum atomic E-state index is 11.7. The molecule has 1 fully saturated rings. The molecule has 0 aromatic heterocycles. The van der Waals surface area contributed by atoms with Gasteiger partial charge in [0.15, 0.2) is 0 Å². The molecule has 0 saturated heterocycles. The Labute approximate surface area is 86.9 Å². The van der Waals surface area contributed by atoms with Gasteiger partial charge < -0.3 is 10.2 Å². The van der Waals surface area contributed by atoms with E-state index in [1.807, 2.05) is 11.8 Å². The molecule has 82 valence electrons. The van der Waals surface area contributed by atoms with E-state index in [9.17, 15) is 4.79 Å². The summed E-state index contributed by atoms with van der Waals surface area (Å²) >= 11 is 0. The summed E-state index contributed by atoms with van der Waals surface area (Å²) in [5.41, 5.74) is 0. The molecule has 0 heterocycles. The first kappa shape index (κ1) is 11.5. The van der Waals surface area contributed by atoms with Gasteiger partial charge in [-0.3, -0.25) is 4.79 Å². The van der Waals surface area contributed by atoms with Crippen LogP contribution in [0.5, 0.6) is 0 Å². The van der Waals surface area contributed by atoms with Crippen molar-refractivity contribution in [1.82, 2.24) is 10.2 Å². The zero-order valence-electron chi connectivity index (χ0n) is 9.55. The monoisotopic (exact) mass is 198 g/mol. The minimum atomic E-state index is 0.244. The summed E-state index contributed by atoms with van der Waals surface area (Å²) in [4.78, 5) is 13.6. The van der Waals surface area contributed by atoms with Crippen molar-refractivity contribution >= 4 is 5.91 Å². The van der Waals surface area contributed by atoms with E-state index in [0.717, 1.165) is 13.1 Å². The Bertz CT molecular complexity index is 188. The number of carbonyl (C=O) groups excluding carboxylic acids is 1. The van der Waals surface area contributed by atoms with E-state index in [2.05, 4.69) is 19.2 Å². The summed E-state index contributed by atoms with van der Waals surface area (Å²) in [7, 11) is 0. The molecule has 1 aliphatic carbocycles. The highest BCUT2D eigenvalue weighted by atomic mass is 16.2. The fourth-order valence-corrected chi connectivity index (χ4v) is 1.48. The van der Waals surface area contributed by atoms with Gasteiger partial charge in [0, 0.05) is 19.1 Å². The third-order valence-corrected chi connectivity index (χ3v) is 2.44.